The largest absolute Gasteiger partial charge is 0.481 e. The number of hydrogen-bond donors (Lipinski definition) is 3. The first-order valence-electron chi connectivity index (χ1n) is 20.8. The lowest BCUT2D eigenvalue weighted by atomic mass is 9.98. The molecule has 3 unspecified atom stereocenters. The maximum Gasteiger partial charge on any atom is 0.303 e. The number of carboxylic acids is 1. The number of unbranched alkanes of at least 4 members (excludes halogenated alkanes) is 10. The number of aliphatic carboxylic acids is 1. The molecule has 1 fully saturated rings. The van der Waals surface area contributed by atoms with Crippen LogP contribution in [-0.2, 0) is 32.2 Å². The van der Waals surface area contributed by atoms with Crippen LogP contribution < -0.4 is 5.32 Å². The summed E-state index contributed by atoms with van der Waals surface area (Å²) in [5, 5.41) is 21.5. The summed E-state index contributed by atoms with van der Waals surface area (Å²) in [6, 6.07) is 24.6. The molecule has 0 radical (unpaired) electrons. The maximum absolute atomic E-state index is 12.3. The minimum Gasteiger partial charge on any atom is -0.481 e. The third kappa shape index (κ3) is 15.7. The van der Waals surface area contributed by atoms with Gasteiger partial charge in [-0.05, 0) is 72.3 Å². The van der Waals surface area contributed by atoms with Gasteiger partial charge in [-0.1, -0.05) is 139 Å². The summed E-state index contributed by atoms with van der Waals surface area (Å²) in [7, 11) is 0. The fourth-order valence-corrected chi connectivity index (χ4v) is 7.26. The van der Waals surface area contributed by atoms with Crippen LogP contribution in [0.5, 0.6) is 0 Å². The van der Waals surface area contributed by atoms with Gasteiger partial charge in [0.25, 0.3) is 0 Å². The van der Waals surface area contributed by atoms with Gasteiger partial charge in [0.15, 0.2) is 6.29 Å². The Morgan fingerprint density at radius 3 is 1.98 bits per heavy atom. The van der Waals surface area contributed by atoms with Gasteiger partial charge in [-0.25, -0.2) is 0 Å². The highest BCUT2D eigenvalue weighted by molar-refractivity contribution is 5.76. The minimum absolute atomic E-state index is 0.00227. The second-order valence-electron chi connectivity index (χ2n) is 15.0. The van der Waals surface area contributed by atoms with Crippen molar-refractivity contribution in [3.63, 3.8) is 0 Å². The summed E-state index contributed by atoms with van der Waals surface area (Å²) in [6.07, 6.45) is 16.0. The van der Waals surface area contributed by atoms with E-state index in [0.29, 0.717) is 13.0 Å². The number of nitrogens with zero attached hydrogens (tertiary/aromatic N) is 1. The van der Waals surface area contributed by atoms with E-state index < -0.39 is 12.3 Å². The molecule has 4 rings (SSSR count). The van der Waals surface area contributed by atoms with Crippen molar-refractivity contribution in [3.05, 3.63) is 95.1 Å². The number of benzene rings is 3. The van der Waals surface area contributed by atoms with E-state index in [4.69, 9.17) is 14.6 Å². The predicted octanol–water partition coefficient (Wildman–Crippen LogP) is 10.3. The van der Waals surface area contributed by atoms with Gasteiger partial charge >= 0.3 is 5.97 Å². The first-order chi connectivity index (χ1) is 26.4. The number of carbonyl (C=O) groups excluding carboxylic acids is 1. The van der Waals surface area contributed by atoms with Crippen molar-refractivity contribution in [1.82, 2.24) is 10.2 Å². The molecule has 8 heteroatoms. The number of carboxylic acid groups (broad SMARTS) is 1. The zero-order chi connectivity index (χ0) is 38.4. The molecule has 0 spiro atoms. The molecule has 54 heavy (non-hydrogen) atoms. The zero-order valence-corrected chi connectivity index (χ0v) is 33.0. The molecule has 0 aromatic heterocycles. The van der Waals surface area contributed by atoms with Crippen molar-refractivity contribution < 1.29 is 29.3 Å². The molecule has 1 aliphatic heterocycles. The van der Waals surface area contributed by atoms with Gasteiger partial charge in [-0.3, -0.25) is 9.59 Å². The molecule has 296 valence electrons. The van der Waals surface area contributed by atoms with E-state index in [-0.39, 0.29) is 37.6 Å². The highest BCUT2D eigenvalue weighted by atomic mass is 16.7. The molecule has 0 saturated carbocycles. The highest BCUT2D eigenvalue weighted by Crippen LogP contribution is 2.39. The molecule has 1 aliphatic rings. The first kappa shape index (κ1) is 43.2. The van der Waals surface area contributed by atoms with Crippen molar-refractivity contribution >= 4 is 11.9 Å². The fourth-order valence-electron chi connectivity index (χ4n) is 7.26. The van der Waals surface area contributed by atoms with Crippen LogP contribution in [0, 0.1) is 0 Å². The van der Waals surface area contributed by atoms with Crippen LogP contribution in [0.3, 0.4) is 0 Å². The summed E-state index contributed by atoms with van der Waals surface area (Å²) in [5.74, 6) is -1.04. The lowest BCUT2D eigenvalue weighted by Crippen LogP contribution is -2.40. The van der Waals surface area contributed by atoms with Crippen molar-refractivity contribution in [2.75, 3.05) is 19.6 Å². The predicted molar refractivity (Wildman–Crippen MR) is 217 cm³/mol. The van der Waals surface area contributed by atoms with E-state index in [2.05, 4.69) is 66.5 Å². The molecule has 1 amide bonds. The SMILES string of the molecule is CCCCCCCCN(CCCCCCCC)CC1CC(c2ccc(CO)cc2)OC(c2cccc(-c3cccc(CNC(=O)CCCC(=O)O)c3)c2)O1. The summed E-state index contributed by atoms with van der Waals surface area (Å²) in [4.78, 5) is 25.7. The Labute approximate surface area is 324 Å². The van der Waals surface area contributed by atoms with E-state index in [0.717, 1.165) is 59.4 Å². The fraction of sp³-hybridized carbons (Fsp3) is 0.565. The average Bonchev–Trinajstić information content (AvgIpc) is 3.19. The van der Waals surface area contributed by atoms with Crippen molar-refractivity contribution in [3.8, 4) is 11.1 Å². The van der Waals surface area contributed by atoms with Crippen LogP contribution in [-0.4, -0.2) is 52.7 Å². The zero-order valence-electron chi connectivity index (χ0n) is 33.0. The number of amides is 1. The van der Waals surface area contributed by atoms with Crippen LogP contribution in [0.4, 0.5) is 0 Å². The van der Waals surface area contributed by atoms with Gasteiger partial charge in [0.2, 0.25) is 5.91 Å². The van der Waals surface area contributed by atoms with Crippen molar-refractivity contribution in [1.29, 1.82) is 0 Å². The molecule has 3 atom stereocenters. The molecular formula is C46H66N2O6. The van der Waals surface area contributed by atoms with Crippen LogP contribution in [0.25, 0.3) is 11.1 Å². The lowest BCUT2D eigenvalue weighted by Gasteiger charge is -2.38. The third-order valence-corrected chi connectivity index (χ3v) is 10.4. The Kier molecular flexibility index (Phi) is 19.8. The van der Waals surface area contributed by atoms with Crippen LogP contribution in [0.15, 0.2) is 72.8 Å². The molecular weight excluding hydrogens is 677 g/mol. The Bertz CT molecular complexity index is 1500. The number of aliphatic hydroxyl groups excluding tert-OH is 1. The van der Waals surface area contributed by atoms with Gasteiger partial charge in [0.05, 0.1) is 18.8 Å². The maximum atomic E-state index is 12.3. The Morgan fingerprint density at radius 2 is 1.33 bits per heavy atom. The summed E-state index contributed by atoms with van der Waals surface area (Å²) in [5.41, 5.74) is 5.98. The molecule has 3 aromatic carbocycles. The molecule has 0 bridgehead atoms. The molecule has 1 saturated heterocycles. The molecule has 1 heterocycles. The molecule has 8 nitrogen and oxygen atoms in total. The van der Waals surface area contributed by atoms with E-state index in [9.17, 15) is 14.7 Å². The van der Waals surface area contributed by atoms with Gasteiger partial charge in [0.1, 0.15) is 0 Å². The number of aliphatic hydroxyl groups is 1. The van der Waals surface area contributed by atoms with E-state index in [1.165, 1.54) is 77.0 Å². The lowest BCUT2D eigenvalue weighted by molar-refractivity contribution is -0.253. The second kappa shape index (κ2) is 24.8. The topological polar surface area (TPSA) is 108 Å². The number of ether oxygens (including phenoxy) is 2. The second-order valence-corrected chi connectivity index (χ2v) is 15.0. The van der Waals surface area contributed by atoms with Gasteiger partial charge in [-0.2, -0.15) is 0 Å². The quantitative estimate of drug-likeness (QED) is 0.0703. The first-order valence-corrected chi connectivity index (χ1v) is 20.8. The molecule has 0 aliphatic carbocycles. The number of rotatable bonds is 26. The van der Waals surface area contributed by atoms with Gasteiger partial charge in [0, 0.05) is 37.9 Å². The Hall–Kier alpha value is -3.56. The Balaban J connectivity index is 1.48. The molecule has 3 aromatic rings. The summed E-state index contributed by atoms with van der Waals surface area (Å²) >= 11 is 0. The van der Waals surface area contributed by atoms with Gasteiger partial charge in [-0.15, -0.1) is 0 Å². The average molecular weight is 743 g/mol. The number of carbonyl (C=O) groups is 2. The third-order valence-electron chi connectivity index (χ3n) is 10.4. The van der Waals surface area contributed by atoms with Crippen LogP contribution in [0.1, 0.15) is 151 Å². The van der Waals surface area contributed by atoms with E-state index >= 15 is 0 Å². The smallest absolute Gasteiger partial charge is 0.303 e. The van der Waals surface area contributed by atoms with Crippen molar-refractivity contribution in [2.45, 2.75) is 148 Å². The standard InChI is InChI=1S/C46H66N2O6/c1-3-5-7-9-11-13-28-48(29-14-12-10-8-6-4-2)34-42-32-43(38-26-24-36(35-49)25-27-38)54-46(53-42)41-21-16-20-40(31-41)39-19-15-18-37(30-39)33-47-44(50)22-17-23-45(51)52/h15-16,18-21,24-27,30-31,42-43,46,49H,3-14,17,22-23,28-29,32-35H2,1-2H3,(H,47,50)(H,51,52). The minimum atomic E-state index is -0.890. The highest BCUT2D eigenvalue weighted by Gasteiger charge is 2.33. The van der Waals surface area contributed by atoms with Crippen LogP contribution in [0.2, 0.25) is 0 Å². The Morgan fingerprint density at radius 1 is 0.704 bits per heavy atom. The summed E-state index contributed by atoms with van der Waals surface area (Å²) in [6.45, 7) is 7.99. The van der Waals surface area contributed by atoms with E-state index in [1.54, 1.807) is 0 Å². The number of nitrogens with one attached hydrogen (secondary N) is 1. The normalized spacial score (nSPS) is 17.1. The summed E-state index contributed by atoms with van der Waals surface area (Å²) < 4.78 is 13.6. The monoisotopic (exact) mass is 742 g/mol. The van der Waals surface area contributed by atoms with Gasteiger partial charge < -0.3 is 29.9 Å². The van der Waals surface area contributed by atoms with Crippen molar-refractivity contribution in [2.24, 2.45) is 0 Å². The molecule has 3 N–H and O–H groups in total. The number of hydrogen-bond acceptors (Lipinski definition) is 6. The van der Waals surface area contributed by atoms with E-state index in [1.807, 2.05) is 30.3 Å². The van der Waals surface area contributed by atoms with Crippen LogP contribution >= 0.6 is 0 Å².